The van der Waals surface area contributed by atoms with Gasteiger partial charge in [0.25, 0.3) is 0 Å². The molecule has 0 amide bonds. The molecule has 3 rings (SSSR count). The molecule has 1 heterocycles. The minimum atomic E-state index is -0.351. The second kappa shape index (κ2) is 3.37. The fourth-order valence-electron chi connectivity index (χ4n) is 3.32. The van der Waals surface area contributed by atoms with E-state index in [9.17, 15) is 5.11 Å². The molecule has 2 aliphatic rings. The number of ether oxygens (including phenoxy) is 1. The summed E-state index contributed by atoms with van der Waals surface area (Å²) in [7, 11) is 0. The summed E-state index contributed by atoms with van der Waals surface area (Å²) in [6, 6.07) is 8.72. The van der Waals surface area contributed by atoms with Gasteiger partial charge in [0.05, 0.1) is 6.10 Å². The summed E-state index contributed by atoms with van der Waals surface area (Å²) >= 11 is 0. The zero-order valence-electron chi connectivity index (χ0n) is 11.7. The van der Waals surface area contributed by atoms with Crippen molar-refractivity contribution in [2.24, 2.45) is 0 Å². The Morgan fingerprint density at radius 3 is 2.22 bits per heavy atom. The van der Waals surface area contributed by atoms with Crippen LogP contribution in [0.1, 0.15) is 51.7 Å². The Bertz CT molecular complexity index is 467. The van der Waals surface area contributed by atoms with Gasteiger partial charge in [-0.3, -0.25) is 0 Å². The average molecular weight is 246 g/mol. The van der Waals surface area contributed by atoms with Crippen LogP contribution in [0, 0.1) is 0 Å². The number of rotatable bonds is 1. The maximum atomic E-state index is 9.98. The lowest BCUT2D eigenvalue weighted by molar-refractivity contribution is 0.0699. The normalized spacial score (nSPS) is 38.6. The monoisotopic (exact) mass is 246 g/mol. The molecule has 0 bridgehead atoms. The Kier molecular flexibility index (Phi) is 2.28. The van der Waals surface area contributed by atoms with Crippen molar-refractivity contribution >= 4 is 0 Å². The summed E-state index contributed by atoms with van der Waals surface area (Å²) in [6.45, 7) is 8.69. The summed E-state index contributed by atoms with van der Waals surface area (Å²) in [6.07, 6.45) is 1.46. The predicted molar refractivity (Wildman–Crippen MR) is 71.6 cm³/mol. The van der Waals surface area contributed by atoms with Crippen LogP contribution in [-0.2, 0) is 15.8 Å². The maximum Gasteiger partial charge on any atom is 0.125 e. The summed E-state index contributed by atoms with van der Waals surface area (Å²) in [5, 5.41) is 9.98. The number of hydrogen-bond acceptors (Lipinski definition) is 2. The van der Waals surface area contributed by atoms with E-state index in [-0.39, 0.29) is 22.7 Å². The molecule has 1 aromatic rings. The van der Waals surface area contributed by atoms with Gasteiger partial charge in [0.15, 0.2) is 0 Å². The molecule has 0 unspecified atom stereocenters. The van der Waals surface area contributed by atoms with Crippen molar-refractivity contribution in [3.05, 3.63) is 35.4 Å². The molecule has 1 saturated heterocycles. The Labute approximate surface area is 109 Å². The third-order valence-corrected chi connectivity index (χ3v) is 4.77. The van der Waals surface area contributed by atoms with E-state index in [1.54, 1.807) is 0 Å². The van der Waals surface area contributed by atoms with Crippen molar-refractivity contribution in [2.45, 2.75) is 63.3 Å². The topological polar surface area (TPSA) is 32.8 Å². The van der Waals surface area contributed by atoms with E-state index in [2.05, 4.69) is 45.0 Å². The van der Waals surface area contributed by atoms with Crippen LogP contribution in [0.25, 0.3) is 0 Å². The van der Waals surface area contributed by atoms with Crippen LogP contribution < -0.4 is 0 Å². The van der Waals surface area contributed by atoms with Gasteiger partial charge in [0.2, 0.25) is 0 Å². The summed E-state index contributed by atoms with van der Waals surface area (Å²) < 4.78 is 5.90. The molecule has 0 spiro atoms. The number of fused-ring (bicyclic) bond motifs is 1. The van der Waals surface area contributed by atoms with Crippen LogP contribution in [-0.4, -0.2) is 16.8 Å². The second-order valence-corrected chi connectivity index (χ2v) is 6.92. The highest BCUT2D eigenvalue weighted by Gasteiger charge is 2.74. The third-order valence-electron chi connectivity index (χ3n) is 4.77. The molecule has 18 heavy (non-hydrogen) atoms. The predicted octanol–water partition coefficient (Wildman–Crippen LogP) is 3.12. The SMILES string of the molecule is CC(C)(C)c1ccc([C@@]23CC[C@@H](O)[C@]2(C)O3)cc1. The zero-order chi connectivity index (χ0) is 13.2. The highest BCUT2D eigenvalue weighted by molar-refractivity contribution is 5.39. The molecule has 1 aliphatic carbocycles. The van der Waals surface area contributed by atoms with Crippen molar-refractivity contribution in [3.8, 4) is 0 Å². The molecule has 1 aliphatic heterocycles. The van der Waals surface area contributed by atoms with Gasteiger partial charge in [-0.05, 0) is 36.3 Å². The first-order valence-electron chi connectivity index (χ1n) is 6.79. The van der Waals surface area contributed by atoms with Crippen LogP contribution in [0.2, 0.25) is 0 Å². The van der Waals surface area contributed by atoms with Crippen molar-refractivity contribution < 1.29 is 9.84 Å². The lowest BCUT2D eigenvalue weighted by atomic mass is 9.84. The Hall–Kier alpha value is -0.860. The van der Waals surface area contributed by atoms with Crippen LogP contribution in [0.4, 0.5) is 0 Å². The van der Waals surface area contributed by atoms with Gasteiger partial charge < -0.3 is 9.84 Å². The second-order valence-electron chi connectivity index (χ2n) is 6.92. The first-order valence-corrected chi connectivity index (χ1v) is 6.79. The van der Waals surface area contributed by atoms with Gasteiger partial charge in [-0.25, -0.2) is 0 Å². The van der Waals surface area contributed by atoms with E-state index in [0.717, 1.165) is 12.8 Å². The Balaban J connectivity index is 1.92. The van der Waals surface area contributed by atoms with Gasteiger partial charge in [-0.2, -0.15) is 0 Å². The molecule has 1 N–H and O–H groups in total. The Morgan fingerprint density at radius 1 is 1.22 bits per heavy atom. The summed E-state index contributed by atoms with van der Waals surface area (Å²) in [4.78, 5) is 0. The fourth-order valence-corrected chi connectivity index (χ4v) is 3.32. The maximum absolute atomic E-state index is 9.98. The van der Waals surface area contributed by atoms with E-state index in [4.69, 9.17) is 4.74 Å². The van der Waals surface area contributed by atoms with Gasteiger partial charge in [0.1, 0.15) is 11.2 Å². The summed E-state index contributed by atoms with van der Waals surface area (Å²) in [5.41, 5.74) is 2.16. The fraction of sp³-hybridized carbons (Fsp3) is 0.625. The lowest BCUT2D eigenvalue weighted by Gasteiger charge is -2.20. The highest BCUT2D eigenvalue weighted by Crippen LogP contribution is 2.65. The van der Waals surface area contributed by atoms with Gasteiger partial charge in [0, 0.05) is 0 Å². The van der Waals surface area contributed by atoms with Crippen LogP contribution in [0.5, 0.6) is 0 Å². The zero-order valence-corrected chi connectivity index (χ0v) is 11.7. The Morgan fingerprint density at radius 2 is 1.83 bits per heavy atom. The van der Waals surface area contributed by atoms with Crippen molar-refractivity contribution in [3.63, 3.8) is 0 Å². The third kappa shape index (κ3) is 1.42. The van der Waals surface area contributed by atoms with Gasteiger partial charge >= 0.3 is 0 Å². The molecule has 1 aromatic carbocycles. The molecule has 2 heteroatoms. The first-order chi connectivity index (χ1) is 8.30. The largest absolute Gasteiger partial charge is 0.390 e. The number of epoxide rings is 1. The minimum Gasteiger partial charge on any atom is -0.390 e. The number of hydrogen-bond donors (Lipinski definition) is 1. The van der Waals surface area contributed by atoms with Crippen molar-refractivity contribution in [1.82, 2.24) is 0 Å². The van der Waals surface area contributed by atoms with E-state index in [1.807, 2.05) is 6.92 Å². The van der Waals surface area contributed by atoms with E-state index < -0.39 is 0 Å². The van der Waals surface area contributed by atoms with E-state index in [1.165, 1.54) is 11.1 Å². The number of benzene rings is 1. The number of aliphatic hydroxyl groups is 1. The molecule has 2 fully saturated rings. The standard InChI is InChI=1S/C16H22O2/c1-14(2,3)11-5-7-12(8-6-11)16-10-9-13(17)15(16,4)18-16/h5-8,13,17H,9-10H2,1-4H3/t13-,15+,16+/m1/s1. The van der Waals surface area contributed by atoms with E-state index in [0.29, 0.717) is 0 Å². The molecular weight excluding hydrogens is 224 g/mol. The number of aliphatic hydroxyl groups excluding tert-OH is 1. The molecule has 0 radical (unpaired) electrons. The quantitative estimate of drug-likeness (QED) is 0.772. The molecule has 98 valence electrons. The van der Waals surface area contributed by atoms with Crippen LogP contribution in [0.15, 0.2) is 24.3 Å². The average Bonchev–Trinajstić information content (AvgIpc) is 2.86. The van der Waals surface area contributed by atoms with E-state index >= 15 is 0 Å². The molecule has 1 saturated carbocycles. The van der Waals surface area contributed by atoms with Crippen molar-refractivity contribution in [2.75, 3.05) is 0 Å². The molecule has 3 atom stereocenters. The lowest BCUT2D eigenvalue weighted by Crippen LogP contribution is -2.25. The summed E-state index contributed by atoms with van der Waals surface area (Å²) in [5.74, 6) is 0. The smallest absolute Gasteiger partial charge is 0.125 e. The minimum absolute atomic E-state index is 0.180. The van der Waals surface area contributed by atoms with Crippen LogP contribution in [0.3, 0.4) is 0 Å². The van der Waals surface area contributed by atoms with Gasteiger partial charge in [-0.1, -0.05) is 45.0 Å². The molecule has 0 aromatic heterocycles. The molecular formula is C16H22O2. The molecule has 2 nitrogen and oxygen atoms in total. The highest BCUT2D eigenvalue weighted by atomic mass is 16.6. The first kappa shape index (κ1) is 12.2. The van der Waals surface area contributed by atoms with Crippen LogP contribution >= 0.6 is 0 Å². The van der Waals surface area contributed by atoms with Crippen molar-refractivity contribution in [1.29, 1.82) is 0 Å². The van der Waals surface area contributed by atoms with Gasteiger partial charge in [-0.15, -0.1) is 0 Å².